The molecule has 1 fully saturated rings. The van der Waals surface area contributed by atoms with Crippen LogP contribution < -0.4 is 5.32 Å². The predicted molar refractivity (Wildman–Crippen MR) is 81.1 cm³/mol. The maximum atomic E-state index is 6.15. The summed E-state index contributed by atoms with van der Waals surface area (Å²) in [6.45, 7) is 0. The monoisotopic (exact) mass is 300 g/mol. The van der Waals surface area contributed by atoms with E-state index in [1.807, 2.05) is 18.2 Å². The summed E-state index contributed by atoms with van der Waals surface area (Å²) in [6.07, 6.45) is 3.84. The number of hydrogen-bond acceptors (Lipinski definition) is 3. The average molecular weight is 301 g/mol. The summed E-state index contributed by atoms with van der Waals surface area (Å²) in [5, 5.41) is 5.51. The highest BCUT2D eigenvalue weighted by molar-refractivity contribution is 8.14. The van der Waals surface area contributed by atoms with Crippen molar-refractivity contribution in [3.8, 4) is 0 Å². The van der Waals surface area contributed by atoms with E-state index in [1.165, 1.54) is 19.3 Å². The van der Waals surface area contributed by atoms with Crippen LogP contribution in [-0.2, 0) is 0 Å². The van der Waals surface area contributed by atoms with Gasteiger partial charge in [-0.2, -0.15) is 0 Å². The largest absolute Gasteiger partial charge is 0.333 e. The number of thioether (sulfide) groups is 1. The highest BCUT2D eigenvalue weighted by atomic mass is 35.5. The molecule has 0 spiro atoms. The fourth-order valence-electron chi connectivity index (χ4n) is 2.55. The molecule has 2 aliphatic rings. The number of benzene rings is 1. The minimum atomic E-state index is 0.495. The highest BCUT2D eigenvalue weighted by Crippen LogP contribution is 2.37. The van der Waals surface area contributed by atoms with Crippen molar-refractivity contribution in [3.63, 3.8) is 0 Å². The van der Waals surface area contributed by atoms with E-state index in [1.54, 1.807) is 11.8 Å². The molecule has 0 aromatic heterocycles. The maximum absolute atomic E-state index is 6.15. The van der Waals surface area contributed by atoms with Crippen LogP contribution in [0, 0.1) is 5.92 Å². The highest BCUT2D eigenvalue weighted by Gasteiger charge is 2.31. The van der Waals surface area contributed by atoms with Gasteiger partial charge in [-0.3, -0.25) is 4.99 Å². The number of fused-ring (bicyclic) bond motifs is 1. The average Bonchev–Trinajstić information content (AvgIpc) is 2.81. The van der Waals surface area contributed by atoms with Crippen molar-refractivity contribution < 1.29 is 0 Å². The zero-order valence-corrected chi connectivity index (χ0v) is 12.2. The molecule has 2 unspecified atom stereocenters. The Labute approximate surface area is 121 Å². The van der Waals surface area contributed by atoms with E-state index in [9.17, 15) is 0 Å². The van der Waals surface area contributed by atoms with Crippen LogP contribution in [0.4, 0.5) is 5.69 Å². The second kappa shape index (κ2) is 5.32. The third-order valence-corrected chi connectivity index (χ3v) is 5.24. The summed E-state index contributed by atoms with van der Waals surface area (Å²) >= 11 is 14.1. The summed E-state index contributed by atoms with van der Waals surface area (Å²) in [5.41, 5.74) is 0.767. The second-order valence-electron chi connectivity index (χ2n) is 4.73. The number of aliphatic imine (C=N–C) groups is 1. The first-order valence-electron chi connectivity index (χ1n) is 6.15. The van der Waals surface area contributed by atoms with E-state index in [2.05, 4.69) is 5.32 Å². The summed E-state index contributed by atoms with van der Waals surface area (Å²) in [4.78, 5) is 4.77. The van der Waals surface area contributed by atoms with Crippen LogP contribution in [-0.4, -0.2) is 17.0 Å². The number of hydrogen-bond donors (Lipinski definition) is 1. The van der Waals surface area contributed by atoms with E-state index in [0.717, 1.165) is 22.5 Å². The van der Waals surface area contributed by atoms with Crippen molar-refractivity contribution >= 4 is 45.8 Å². The van der Waals surface area contributed by atoms with Crippen LogP contribution in [0.5, 0.6) is 0 Å². The first-order chi connectivity index (χ1) is 8.74. The molecule has 1 aliphatic carbocycles. The van der Waals surface area contributed by atoms with Crippen molar-refractivity contribution in [2.75, 3.05) is 11.1 Å². The minimum Gasteiger partial charge on any atom is -0.333 e. The van der Waals surface area contributed by atoms with Crippen LogP contribution in [0.1, 0.15) is 19.3 Å². The molecule has 0 amide bonds. The third-order valence-electron chi connectivity index (χ3n) is 3.53. The molecule has 18 heavy (non-hydrogen) atoms. The van der Waals surface area contributed by atoms with Gasteiger partial charge in [-0.05, 0) is 30.9 Å². The molecule has 1 aromatic rings. The Kier molecular flexibility index (Phi) is 3.73. The molecule has 2 atom stereocenters. The van der Waals surface area contributed by atoms with Crippen molar-refractivity contribution in [1.29, 1.82) is 0 Å². The Bertz CT molecular complexity index is 470. The van der Waals surface area contributed by atoms with Gasteiger partial charge in [0.1, 0.15) is 0 Å². The number of nitrogens with one attached hydrogen (secondary N) is 1. The van der Waals surface area contributed by atoms with Crippen LogP contribution in [0.25, 0.3) is 0 Å². The summed E-state index contributed by atoms with van der Waals surface area (Å²) in [7, 11) is 0. The zero-order chi connectivity index (χ0) is 12.5. The van der Waals surface area contributed by atoms with Crippen LogP contribution in [0.2, 0.25) is 10.0 Å². The molecule has 0 bridgehead atoms. The summed E-state index contributed by atoms with van der Waals surface area (Å²) in [6, 6.07) is 6.01. The lowest BCUT2D eigenvalue weighted by atomic mass is 10.1. The van der Waals surface area contributed by atoms with Gasteiger partial charge in [0.05, 0.1) is 21.8 Å². The third kappa shape index (κ3) is 2.49. The number of para-hydroxylation sites is 1. The lowest BCUT2D eigenvalue weighted by molar-refractivity contribution is 0.535. The molecular formula is C13H14Cl2N2S. The maximum Gasteiger partial charge on any atom is 0.161 e. The molecule has 1 aliphatic heterocycles. The Hall–Kier alpha value is -0.380. The molecule has 0 radical (unpaired) electrons. The Morgan fingerprint density at radius 3 is 2.78 bits per heavy atom. The predicted octanol–water partition coefficient (Wildman–Crippen LogP) is 4.68. The van der Waals surface area contributed by atoms with Gasteiger partial charge in [-0.25, -0.2) is 0 Å². The fraction of sp³-hybridized carbons (Fsp3) is 0.462. The standard InChI is InChI=1S/C13H14Cl2N2S/c14-9-4-2-5-10(15)12(9)17-13-16-11-6-1-3-8(11)7-18-13/h2,4-5,8,11H,1,3,6-7H2,(H,16,17). The van der Waals surface area contributed by atoms with Gasteiger partial charge in [-0.15, -0.1) is 0 Å². The van der Waals surface area contributed by atoms with Gasteiger partial charge in [0, 0.05) is 5.75 Å². The number of rotatable bonds is 1. The number of nitrogens with zero attached hydrogens (tertiary/aromatic N) is 1. The second-order valence-corrected chi connectivity index (χ2v) is 6.55. The molecule has 0 saturated heterocycles. The molecule has 2 nitrogen and oxygen atoms in total. The van der Waals surface area contributed by atoms with Crippen molar-refractivity contribution in [2.45, 2.75) is 25.3 Å². The number of halogens is 2. The molecular weight excluding hydrogens is 287 g/mol. The van der Waals surface area contributed by atoms with E-state index in [-0.39, 0.29) is 0 Å². The molecule has 96 valence electrons. The zero-order valence-electron chi connectivity index (χ0n) is 9.83. The molecule has 1 heterocycles. The summed E-state index contributed by atoms with van der Waals surface area (Å²) < 4.78 is 0. The fourth-order valence-corrected chi connectivity index (χ4v) is 4.18. The first-order valence-corrected chi connectivity index (χ1v) is 7.90. The van der Waals surface area contributed by atoms with Gasteiger partial charge >= 0.3 is 0 Å². The smallest absolute Gasteiger partial charge is 0.161 e. The van der Waals surface area contributed by atoms with Gasteiger partial charge in [0.15, 0.2) is 5.17 Å². The van der Waals surface area contributed by atoms with Gasteiger partial charge in [-0.1, -0.05) is 47.5 Å². The van der Waals surface area contributed by atoms with E-state index in [4.69, 9.17) is 28.2 Å². The van der Waals surface area contributed by atoms with Crippen LogP contribution in [0.3, 0.4) is 0 Å². The summed E-state index contributed by atoms with van der Waals surface area (Å²) in [5.74, 6) is 1.92. The Morgan fingerprint density at radius 1 is 1.22 bits per heavy atom. The molecule has 1 saturated carbocycles. The van der Waals surface area contributed by atoms with E-state index in [0.29, 0.717) is 16.1 Å². The minimum absolute atomic E-state index is 0.495. The first kappa shape index (κ1) is 12.6. The van der Waals surface area contributed by atoms with Crippen LogP contribution >= 0.6 is 35.0 Å². The van der Waals surface area contributed by atoms with E-state index < -0.39 is 0 Å². The van der Waals surface area contributed by atoms with Gasteiger partial charge < -0.3 is 5.32 Å². The number of anilines is 1. The molecule has 3 rings (SSSR count). The van der Waals surface area contributed by atoms with Crippen LogP contribution in [0.15, 0.2) is 23.2 Å². The van der Waals surface area contributed by atoms with Crippen molar-refractivity contribution in [3.05, 3.63) is 28.2 Å². The van der Waals surface area contributed by atoms with E-state index >= 15 is 0 Å². The lowest BCUT2D eigenvalue weighted by Gasteiger charge is -2.24. The quantitative estimate of drug-likeness (QED) is 0.814. The van der Waals surface area contributed by atoms with Gasteiger partial charge in [0.2, 0.25) is 0 Å². The number of amidine groups is 1. The molecule has 5 heteroatoms. The normalized spacial score (nSPS) is 26.7. The van der Waals surface area contributed by atoms with Crippen molar-refractivity contribution in [1.82, 2.24) is 0 Å². The molecule has 1 aromatic carbocycles. The SMILES string of the molecule is Clc1cccc(Cl)c1NC1=NC2CCCC2CS1. The lowest BCUT2D eigenvalue weighted by Crippen LogP contribution is -2.25. The molecule has 1 N–H and O–H groups in total. The topological polar surface area (TPSA) is 24.4 Å². The van der Waals surface area contributed by atoms with Gasteiger partial charge in [0.25, 0.3) is 0 Å². The Balaban J connectivity index is 1.80. The van der Waals surface area contributed by atoms with Crippen molar-refractivity contribution in [2.24, 2.45) is 10.9 Å². The Morgan fingerprint density at radius 2 is 2.00 bits per heavy atom.